The minimum absolute atomic E-state index is 0.323. The highest BCUT2D eigenvalue weighted by molar-refractivity contribution is 5.84. The van der Waals surface area contributed by atoms with Crippen LogP contribution in [0, 0.1) is 0 Å². The van der Waals surface area contributed by atoms with E-state index < -0.39 is 12.0 Å². The summed E-state index contributed by atoms with van der Waals surface area (Å²) in [6.45, 7) is 0. The highest BCUT2D eigenvalue weighted by atomic mass is 17.1. The number of nitrogens with two attached hydrogens (primary N) is 1. The number of para-hydroxylation sites is 1. The van der Waals surface area contributed by atoms with E-state index in [0.717, 1.165) is 16.5 Å². The second-order valence-electron chi connectivity index (χ2n) is 3.58. The minimum Gasteiger partial charge on any atom is -0.361 e. The molecule has 0 aliphatic heterocycles. The Bertz CT molecular complexity index is 507. The molecule has 0 unspecified atom stereocenters. The van der Waals surface area contributed by atoms with Crippen molar-refractivity contribution in [3.8, 4) is 0 Å². The Morgan fingerprint density at radius 2 is 2.25 bits per heavy atom. The first-order valence-electron chi connectivity index (χ1n) is 4.88. The van der Waals surface area contributed by atoms with Crippen molar-refractivity contribution in [3.05, 3.63) is 36.0 Å². The maximum atomic E-state index is 11.0. The van der Waals surface area contributed by atoms with Gasteiger partial charge >= 0.3 is 5.97 Å². The van der Waals surface area contributed by atoms with Crippen LogP contribution in [0.3, 0.4) is 0 Å². The van der Waals surface area contributed by atoms with Gasteiger partial charge in [-0.05, 0) is 11.6 Å². The summed E-state index contributed by atoms with van der Waals surface area (Å²) in [5, 5.41) is 9.23. The van der Waals surface area contributed by atoms with Crippen molar-refractivity contribution in [1.29, 1.82) is 0 Å². The van der Waals surface area contributed by atoms with Gasteiger partial charge in [-0.1, -0.05) is 18.2 Å². The summed E-state index contributed by atoms with van der Waals surface area (Å²) < 4.78 is 0. The SMILES string of the molecule is N[C@@H](Cc1c[nH]c2ccccc12)C(=O)OO. The summed E-state index contributed by atoms with van der Waals surface area (Å²) in [5.41, 5.74) is 7.47. The monoisotopic (exact) mass is 220 g/mol. The molecule has 16 heavy (non-hydrogen) atoms. The molecule has 0 amide bonds. The average molecular weight is 220 g/mol. The van der Waals surface area contributed by atoms with Crippen molar-refractivity contribution in [2.75, 3.05) is 0 Å². The van der Waals surface area contributed by atoms with Gasteiger partial charge in [-0.15, -0.1) is 0 Å². The molecule has 5 nitrogen and oxygen atoms in total. The number of benzene rings is 1. The Morgan fingerprint density at radius 1 is 1.50 bits per heavy atom. The third-order valence-electron chi connectivity index (χ3n) is 2.51. The molecular formula is C11H12N2O3. The van der Waals surface area contributed by atoms with Crippen molar-refractivity contribution >= 4 is 16.9 Å². The van der Waals surface area contributed by atoms with Gasteiger partial charge in [-0.2, -0.15) is 5.26 Å². The van der Waals surface area contributed by atoms with Crippen molar-refractivity contribution in [1.82, 2.24) is 4.98 Å². The van der Waals surface area contributed by atoms with Crippen LogP contribution in [-0.4, -0.2) is 22.3 Å². The largest absolute Gasteiger partial charge is 0.361 e. The number of nitrogens with one attached hydrogen (secondary N) is 1. The summed E-state index contributed by atoms with van der Waals surface area (Å²) in [5.74, 6) is -0.828. The van der Waals surface area contributed by atoms with E-state index in [2.05, 4.69) is 9.87 Å². The topological polar surface area (TPSA) is 88.3 Å². The molecule has 0 bridgehead atoms. The molecule has 1 atom stereocenters. The maximum absolute atomic E-state index is 11.0. The Kier molecular flexibility index (Phi) is 2.89. The predicted octanol–water partition coefficient (Wildman–Crippen LogP) is 1.05. The van der Waals surface area contributed by atoms with Crippen molar-refractivity contribution < 1.29 is 14.9 Å². The van der Waals surface area contributed by atoms with E-state index in [-0.39, 0.29) is 0 Å². The number of carbonyl (C=O) groups excluding carboxylic acids is 1. The van der Waals surface area contributed by atoms with Crippen LogP contribution in [0.5, 0.6) is 0 Å². The lowest BCUT2D eigenvalue weighted by Gasteiger charge is -2.06. The van der Waals surface area contributed by atoms with Crippen LogP contribution in [0.1, 0.15) is 5.56 Å². The number of carbonyl (C=O) groups is 1. The fourth-order valence-electron chi connectivity index (χ4n) is 1.69. The zero-order valence-electron chi connectivity index (χ0n) is 8.51. The molecule has 2 aromatic rings. The maximum Gasteiger partial charge on any atom is 0.358 e. The van der Waals surface area contributed by atoms with E-state index in [1.807, 2.05) is 24.3 Å². The summed E-state index contributed by atoms with van der Waals surface area (Å²) >= 11 is 0. The number of fused-ring (bicyclic) bond motifs is 1. The molecule has 0 radical (unpaired) electrons. The second kappa shape index (κ2) is 4.34. The first-order chi connectivity index (χ1) is 7.72. The number of aromatic amines is 1. The van der Waals surface area contributed by atoms with E-state index >= 15 is 0 Å². The van der Waals surface area contributed by atoms with Crippen LogP contribution >= 0.6 is 0 Å². The standard InChI is InChI=1S/C11H12N2O3/c12-9(11(14)16-15)5-7-6-13-10-4-2-1-3-8(7)10/h1-4,6,9,13,15H,5,12H2/t9-/m0/s1. The average Bonchev–Trinajstić information content (AvgIpc) is 2.72. The molecule has 84 valence electrons. The fraction of sp³-hybridized carbons (Fsp3) is 0.182. The zero-order valence-corrected chi connectivity index (χ0v) is 8.51. The molecule has 1 aromatic heterocycles. The van der Waals surface area contributed by atoms with Crippen LogP contribution in [0.25, 0.3) is 10.9 Å². The normalized spacial score (nSPS) is 12.6. The van der Waals surface area contributed by atoms with Crippen LogP contribution < -0.4 is 5.73 Å². The van der Waals surface area contributed by atoms with E-state index in [0.29, 0.717) is 6.42 Å². The molecule has 0 aliphatic carbocycles. The molecule has 0 spiro atoms. The number of aromatic nitrogens is 1. The second-order valence-corrected chi connectivity index (χ2v) is 3.58. The van der Waals surface area contributed by atoms with Gasteiger partial charge in [-0.25, -0.2) is 4.79 Å². The molecule has 0 saturated heterocycles. The van der Waals surface area contributed by atoms with Gasteiger partial charge in [0.2, 0.25) is 0 Å². The van der Waals surface area contributed by atoms with Crippen LogP contribution in [-0.2, 0) is 16.1 Å². The highest BCUT2D eigenvalue weighted by Gasteiger charge is 2.17. The Balaban J connectivity index is 2.24. The quantitative estimate of drug-likeness (QED) is 0.533. The molecule has 0 fully saturated rings. The van der Waals surface area contributed by atoms with E-state index in [4.69, 9.17) is 11.0 Å². The molecule has 2 rings (SSSR count). The lowest BCUT2D eigenvalue weighted by atomic mass is 10.1. The number of rotatable bonds is 3. The van der Waals surface area contributed by atoms with E-state index in [9.17, 15) is 4.79 Å². The Morgan fingerprint density at radius 3 is 3.00 bits per heavy atom. The smallest absolute Gasteiger partial charge is 0.358 e. The van der Waals surface area contributed by atoms with Crippen LogP contribution in [0.2, 0.25) is 0 Å². The lowest BCUT2D eigenvalue weighted by Crippen LogP contribution is -2.33. The third-order valence-corrected chi connectivity index (χ3v) is 2.51. The van der Waals surface area contributed by atoms with Gasteiger partial charge in [0, 0.05) is 23.5 Å². The van der Waals surface area contributed by atoms with Crippen LogP contribution in [0.15, 0.2) is 30.5 Å². The van der Waals surface area contributed by atoms with Crippen molar-refractivity contribution in [3.63, 3.8) is 0 Å². The molecular weight excluding hydrogens is 208 g/mol. The summed E-state index contributed by atoms with van der Waals surface area (Å²) in [7, 11) is 0. The van der Waals surface area contributed by atoms with Gasteiger partial charge in [-0.3, -0.25) is 4.89 Å². The minimum atomic E-state index is -0.857. The van der Waals surface area contributed by atoms with Gasteiger partial charge in [0.25, 0.3) is 0 Å². The summed E-state index contributed by atoms with van der Waals surface area (Å²) in [6, 6.07) is 6.86. The molecule has 4 N–H and O–H groups in total. The van der Waals surface area contributed by atoms with E-state index in [1.165, 1.54) is 0 Å². The highest BCUT2D eigenvalue weighted by Crippen LogP contribution is 2.18. The number of hydrogen-bond donors (Lipinski definition) is 3. The molecule has 5 heteroatoms. The van der Waals surface area contributed by atoms with Gasteiger partial charge in [0.1, 0.15) is 6.04 Å². The Hall–Kier alpha value is -1.85. The van der Waals surface area contributed by atoms with Crippen molar-refractivity contribution in [2.24, 2.45) is 5.73 Å². The predicted molar refractivity (Wildman–Crippen MR) is 58.7 cm³/mol. The van der Waals surface area contributed by atoms with Gasteiger partial charge < -0.3 is 10.7 Å². The number of hydrogen-bond acceptors (Lipinski definition) is 4. The fourth-order valence-corrected chi connectivity index (χ4v) is 1.69. The molecule has 1 heterocycles. The molecule has 0 saturated carbocycles. The first kappa shape index (κ1) is 10.7. The molecule has 0 aliphatic rings. The molecule has 1 aromatic carbocycles. The zero-order chi connectivity index (χ0) is 11.5. The first-order valence-corrected chi connectivity index (χ1v) is 4.88. The number of H-pyrrole nitrogens is 1. The van der Waals surface area contributed by atoms with Crippen LogP contribution in [0.4, 0.5) is 0 Å². The van der Waals surface area contributed by atoms with Crippen molar-refractivity contribution in [2.45, 2.75) is 12.5 Å². The third kappa shape index (κ3) is 1.91. The van der Waals surface area contributed by atoms with E-state index in [1.54, 1.807) is 6.20 Å². The van der Waals surface area contributed by atoms with Gasteiger partial charge in [0.05, 0.1) is 0 Å². The summed E-state index contributed by atoms with van der Waals surface area (Å²) in [4.78, 5) is 17.6. The van der Waals surface area contributed by atoms with Gasteiger partial charge in [0.15, 0.2) is 0 Å². The summed E-state index contributed by atoms with van der Waals surface area (Å²) in [6.07, 6.45) is 2.12. The Labute approximate surface area is 91.8 Å². The lowest BCUT2D eigenvalue weighted by molar-refractivity contribution is -0.235.